The maximum Gasteiger partial charge on any atom is 0.307 e. The number of thiol groups is 1. The molecular formula is C12H19NO2S2. The first-order valence-electron chi connectivity index (χ1n) is 5.93. The van der Waals surface area contributed by atoms with E-state index in [1.54, 1.807) is 0 Å². The SMILES string of the molecule is Cc1sc(=O)n(CC2(CS)CCOCC2)c1C. The van der Waals surface area contributed by atoms with Gasteiger partial charge in [-0.15, -0.1) is 0 Å². The molecule has 0 spiro atoms. The summed E-state index contributed by atoms with van der Waals surface area (Å²) in [6, 6.07) is 0. The van der Waals surface area contributed by atoms with Crippen LogP contribution in [-0.2, 0) is 11.3 Å². The van der Waals surface area contributed by atoms with E-state index in [9.17, 15) is 4.79 Å². The van der Waals surface area contributed by atoms with Crippen molar-refractivity contribution in [3.8, 4) is 0 Å². The van der Waals surface area contributed by atoms with E-state index in [1.165, 1.54) is 11.3 Å². The summed E-state index contributed by atoms with van der Waals surface area (Å²) in [6.45, 7) is 6.40. The van der Waals surface area contributed by atoms with Crippen molar-refractivity contribution in [1.82, 2.24) is 4.57 Å². The van der Waals surface area contributed by atoms with E-state index >= 15 is 0 Å². The van der Waals surface area contributed by atoms with Gasteiger partial charge in [0.25, 0.3) is 0 Å². The van der Waals surface area contributed by atoms with Gasteiger partial charge in [0.1, 0.15) is 0 Å². The molecule has 0 amide bonds. The molecule has 1 aromatic rings. The summed E-state index contributed by atoms with van der Waals surface area (Å²) in [5.41, 5.74) is 1.23. The van der Waals surface area contributed by atoms with Crippen LogP contribution >= 0.6 is 24.0 Å². The standard InChI is InChI=1S/C12H19NO2S2/c1-9-10(2)17-11(14)13(9)7-12(8-16)3-5-15-6-4-12/h16H,3-8H2,1-2H3. The molecule has 5 heteroatoms. The predicted molar refractivity (Wildman–Crippen MR) is 74.4 cm³/mol. The molecule has 0 unspecified atom stereocenters. The fourth-order valence-electron chi connectivity index (χ4n) is 2.28. The highest BCUT2D eigenvalue weighted by molar-refractivity contribution is 7.80. The third kappa shape index (κ3) is 2.61. The normalized spacial score (nSPS) is 19.5. The summed E-state index contributed by atoms with van der Waals surface area (Å²) in [5, 5.41) is 0. The zero-order chi connectivity index (χ0) is 12.5. The molecular weight excluding hydrogens is 254 g/mol. The zero-order valence-electron chi connectivity index (χ0n) is 10.4. The van der Waals surface area contributed by atoms with Crippen LogP contribution in [0.4, 0.5) is 0 Å². The number of aryl methyl sites for hydroxylation is 1. The fourth-order valence-corrected chi connectivity index (χ4v) is 3.52. The van der Waals surface area contributed by atoms with Crippen molar-refractivity contribution in [2.75, 3.05) is 19.0 Å². The summed E-state index contributed by atoms with van der Waals surface area (Å²) >= 11 is 5.83. The summed E-state index contributed by atoms with van der Waals surface area (Å²) in [5.74, 6) is 0.817. The van der Waals surface area contributed by atoms with E-state index in [2.05, 4.69) is 12.6 Å². The first-order valence-corrected chi connectivity index (χ1v) is 7.38. The zero-order valence-corrected chi connectivity index (χ0v) is 12.1. The molecule has 96 valence electrons. The van der Waals surface area contributed by atoms with Crippen molar-refractivity contribution >= 4 is 24.0 Å². The van der Waals surface area contributed by atoms with Crippen LogP contribution < -0.4 is 4.87 Å². The second kappa shape index (κ2) is 5.16. The minimum absolute atomic E-state index is 0.128. The Balaban J connectivity index is 2.26. The Labute approximate surface area is 111 Å². The highest BCUT2D eigenvalue weighted by atomic mass is 32.1. The van der Waals surface area contributed by atoms with Crippen molar-refractivity contribution in [2.24, 2.45) is 5.41 Å². The molecule has 0 bridgehead atoms. The van der Waals surface area contributed by atoms with Crippen molar-refractivity contribution in [1.29, 1.82) is 0 Å². The molecule has 0 aliphatic carbocycles. The first-order chi connectivity index (χ1) is 8.08. The van der Waals surface area contributed by atoms with E-state index in [-0.39, 0.29) is 10.3 Å². The number of hydrogen-bond donors (Lipinski definition) is 1. The second-order valence-electron chi connectivity index (χ2n) is 4.87. The Bertz CT molecular complexity index is 444. The Hall–Kier alpha value is -0.260. The van der Waals surface area contributed by atoms with Crippen LogP contribution in [0.1, 0.15) is 23.4 Å². The lowest BCUT2D eigenvalue weighted by Crippen LogP contribution is -2.37. The third-order valence-corrected chi connectivity index (χ3v) is 5.42. The number of nitrogens with zero attached hydrogens (tertiary/aromatic N) is 1. The lowest BCUT2D eigenvalue weighted by atomic mass is 9.82. The number of rotatable bonds is 3. The molecule has 1 aromatic heterocycles. The smallest absolute Gasteiger partial charge is 0.307 e. The maximum atomic E-state index is 11.9. The third-order valence-electron chi connectivity index (χ3n) is 3.76. The largest absolute Gasteiger partial charge is 0.381 e. The highest BCUT2D eigenvalue weighted by Gasteiger charge is 2.32. The molecule has 2 rings (SSSR count). The van der Waals surface area contributed by atoms with Crippen LogP contribution in [0.15, 0.2) is 4.79 Å². The molecule has 0 N–H and O–H groups in total. The van der Waals surface area contributed by atoms with Crippen molar-refractivity contribution in [3.63, 3.8) is 0 Å². The van der Waals surface area contributed by atoms with Gasteiger partial charge in [0.2, 0.25) is 0 Å². The van der Waals surface area contributed by atoms with E-state index in [4.69, 9.17) is 4.74 Å². The minimum Gasteiger partial charge on any atom is -0.381 e. The molecule has 0 aromatic carbocycles. The average Bonchev–Trinajstić information content (AvgIpc) is 2.57. The Morgan fingerprint density at radius 2 is 2.06 bits per heavy atom. The molecule has 1 fully saturated rings. The summed E-state index contributed by atoms with van der Waals surface area (Å²) in [6.07, 6.45) is 1.99. The van der Waals surface area contributed by atoms with Gasteiger partial charge in [-0.1, -0.05) is 11.3 Å². The van der Waals surface area contributed by atoms with Gasteiger partial charge in [-0.05, 0) is 32.4 Å². The summed E-state index contributed by atoms with van der Waals surface area (Å²) in [7, 11) is 0. The average molecular weight is 273 g/mol. The van der Waals surface area contributed by atoms with Gasteiger partial charge in [0.05, 0.1) is 0 Å². The van der Waals surface area contributed by atoms with E-state index in [0.29, 0.717) is 0 Å². The van der Waals surface area contributed by atoms with Crippen LogP contribution in [0.25, 0.3) is 0 Å². The Morgan fingerprint density at radius 3 is 2.53 bits per heavy atom. The van der Waals surface area contributed by atoms with Gasteiger partial charge in [0, 0.05) is 35.7 Å². The minimum atomic E-state index is 0.128. The van der Waals surface area contributed by atoms with E-state index in [0.717, 1.165) is 48.9 Å². The number of thiazole rings is 1. The second-order valence-corrected chi connectivity index (χ2v) is 6.35. The Kier molecular flexibility index (Phi) is 4.00. The van der Waals surface area contributed by atoms with Gasteiger partial charge in [-0.2, -0.15) is 12.6 Å². The predicted octanol–water partition coefficient (Wildman–Crippen LogP) is 2.25. The van der Waals surface area contributed by atoms with Crippen molar-refractivity contribution in [2.45, 2.75) is 33.2 Å². The van der Waals surface area contributed by atoms with E-state index < -0.39 is 0 Å². The summed E-state index contributed by atoms with van der Waals surface area (Å²) < 4.78 is 7.33. The molecule has 1 aliphatic heterocycles. The number of ether oxygens (including phenoxy) is 1. The van der Waals surface area contributed by atoms with Gasteiger partial charge < -0.3 is 9.30 Å². The first kappa shape index (κ1) is 13.2. The van der Waals surface area contributed by atoms with Crippen molar-refractivity contribution < 1.29 is 4.74 Å². The van der Waals surface area contributed by atoms with Crippen LogP contribution in [0, 0.1) is 19.3 Å². The molecule has 0 radical (unpaired) electrons. The van der Waals surface area contributed by atoms with Gasteiger partial charge in [-0.3, -0.25) is 4.79 Å². The highest BCUT2D eigenvalue weighted by Crippen LogP contribution is 2.34. The van der Waals surface area contributed by atoms with Gasteiger partial charge in [-0.25, -0.2) is 0 Å². The fraction of sp³-hybridized carbons (Fsp3) is 0.750. The van der Waals surface area contributed by atoms with Crippen LogP contribution in [0.2, 0.25) is 0 Å². The molecule has 3 nitrogen and oxygen atoms in total. The van der Waals surface area contributed by atoms with Crippen LogP contribution in [-0.4, -0.2) is 23.5 Å². The quantitative estimate of drug-likeness (QED) is 0.857. The number of hydrogen-bond acceptors (Lipinski definition) is 4. The van der Waals surface area contributed by atoms with E-state index in [1.807, 2.05) is 18.4 Å². The molecule has 0 saturated carbocycles. The Morgan fingerprint density at radius 1 is 1.41 bits per heavy atom. The molecule has 1 saturated heterocycles. The van der Waals surface area contributed by atoms with Crippen LogP contribution in [0.5, 0.6) is 0 Å². The monoisotopic (exact) mass is 273 g/mol. The lowest BCUT2D eigenvalue weighted by molar-refractivity contribution is 0.0177. The lowest BCUT2D eigenvalue weighted by Gasteiger charge is -2.36. The van der Waals surface area contributed by atoms with Crippen LogP contribution in [0.3, 0.4) is 0 Å². The molecule has 1 aliphatic rings. The topological polar surface area (TPSA) is 31.2 Å². The summed E-state index contributed by atoms with van der Waals surface area (Å²) in [4.78, 5) is 13.2. The van der Waals surface area contributed by atoms with Gasteiger partial charge in [0.15, 0.2) is 0 Å². The number of aromatic nitrogens is 1. The molecule has 2 heterocycles. The van der Waals surface area contributed by atoms with Crippen molar-refractivity contribution in [3.05, 3.63) is 20.2 Å². The molecule has 17 heavy (non-hydrogen) atoms. The molecule has 0 atom stereocenters. The maximum absolute atomic E-state index is 11.9. The van der Waals surface area contributed by atoms with Gasteiger partial charge >= 0.3 is 4.87 Å².